The van der Waals surface area contributed by atoms with Crippen LogP contribution in [0.3, 0.4) is 0 Å². The number of nitrogens with zero attached hydrogens (tertiary/aromatic N) is 2. The molecule has 2 aromatic rings. The molecule has 1 aromatic heterocycles. The third-order valence-electron chi connectivity index (χ3n) is 3.06. The summed E-state index contributed by atoms with van der Waals surface area (Å²) in [6.45, 7) is 6.99. The number of pyridine rings is 1. The number of aromatic nitrogens is 1. The minimum atomic E-state index is 0.144. The second kappa shape index (κ2) is 5.75. The van der Waals surface area contributed by atoms with Crippen molar-refractivity contribution in [2.45, 2.75) is 32.8 Å². The van der Waals surface area contributed by atoms with Gasteiger partial charge in [0.2, 0.25) is 0 Å². The lowest BCUT2D eigenvalue weighted by molar-refractivity contribution is 0.306. The van der Waals surface area contributed by atoms with E-state index in [0.717, 1.165) is 11.3 Å². The van der Waals surface area contributed by atoms with Gasteiger partial charge in [0.05, 0.1) is 0 Å². The maximum Gasteiger partial charge on any atom is 0.140 e. The van der Waals surface area contributed by atoms with Gasteiger partial charge in [0.15, 0.2) is 0 Å². The summed E-state index contributed by atoms with van der Waals surface area (Å²) in [6, 6.07) is 13.7. The van der Waals surface area contributed by atoms with E-state index >= 15 is 0 Å². The number of rotatable bonds is 3. The summed E-state index contributed by atoms with van der Waals surface area (Å²) in [5, 5.41) is 8.80. The Morgan fingerprint density at radius 2 is 1.85 bits per heavy atom. The van der Waals surface area contributed by atoms with E-state index in [1.807, 2.05) is 24.3 Å². The Hall–Kier alpha value is -2.34. The van der Waals surface area contributed by atoms with Gasteiger partial charge in [0.25, 0.3) is 0 Å². The van der Waals surface area contributed by atoms with Crippen LogP contribution >= 0.6 is 0 Å². The fourth-order valence-corrected chi connectivity index (χ4v) is 1.84. The standard InChI is InChI=1S/C17H18N2O/c1-17(2,3)14-4-6-16(7-5-14)20-12-13-8-9-19-15(10-13)11-18/h4-10H,12H2,1-3H3. The summed E-state index contributed by atoms with van der Waals surface area (Å²) in [5.74, 6) is 0.827. The second-order valence-electron chi connectivity index (χ2n) is 5.72. The van der Waals surface area contributed by atoms with E-state index in [4.69, 9.17) is 10.00 Å². The number of benzene rings is 1. The lowest BCUT2D eigenvalue weighted by Crippen LogP contribution is -2.10. The van der Waals surface area contributed by atoms with Crippen LogP contribution in [0.5, 0.6) is 5.75 Å². The average molecular weight is 266 g/mol. The highest BCUT2D eigenvalue weighted by Crippen LogP contribution is 2.24. The molecule has 0 unspecified atom stereocenters. The highest BCUT2D eigenvalue weighted by molar-refractivity contribution is 5.31. The largest absolute Gasteiger partial charge is 0.489 e. The van der Waals surface area contributed by atoms with E-state index in [2.05, 4.69) is 37.9 Å². The van der Waals surface area contributed by atoms with Crippen LogP contribution in [-0.2, 0) is 12.0 Å². The van der Waals surface area contributed by atoms with E-state index in [1.54, 1.807) is 12.3 Å². The molecule has 0 amide bonds. The van der Waals surface area contributed by atoms with E-state index in [-0.39, 0.29) is 5.41 Å². The van der Waals surface area contributed by atoms with Crippen molar-refractivity contribution in [2.24, 2.45) is 0 Å². The van der Waals surface area contributed by atoms with Gasteiger partial charge < -0.3 is 4.74 Å². The molecule has 0 saturated carbocycles. The van der Waals surface area contributed by atoms with Crippen LogP contribution in [0.25, 0.3) is 0 Å². The Balaban J connectivity index is 2.02. The van der Waals surface area contributed by atoms with Crippen LogP contribution in [0.4, 0.5) is 0 Å². The first-order valence-electron chi connectivity index (χ1n) is 6.57. The SMILES string of the molecule is CC(C)(C)c1ccc(OCc2ccnc(C#N)c2)cc1. The minimum absolute atomic E-state index is 0.144. The molecule has 3 nitrogen and oxygen atoms in total. The monoisotopic (exact) mass is 266 g/mol. The van der Waals surface area contributed by atoms with E-state index in [1.165, 1.54) is 5.56 Å². The molecular formula is C17H18N2O. The summed E-state index contributed by atoms with van der Waals surface area (Å²) in [5.41, 5.74) is 2.77. The first-order valence-corrected chi connectivity index (χ1v) is 6.57. The van der Waals surface area contributed by atoms with Crippen molar-refractivity contribution in [3.05, 3.63) is 59.4 Å². The molecule has 102 valence electrons. The zero-order valence-corrected chi connectivity index (χ0v) is 12.1. The topological polar surface area (TPSA) is 45.9 Å². The van der Waals surface area contributed by atoms with Gasteiger partial charge in [0.1, 0.15) is 24.1 Å². The van der Waals surface area contributed by atoms with Gasteiger partial charge in [-0.25, -0.2) is 4.98 Å². The molecule has 0 atom stereocenters. The molecule has 0 saturated heterocycles. The maximum absolute atomic E-state index is 8.80. The Labute approximate surface area is 119 Å². The summed E-state index contributed by atoms with van der Waals surface area (Å²) in [4.78, 5) is 3.93. The molecule has 0 fully saturated rings. The molecule has 3 heteroatoms. The second-order valence-corrected chi connectivity index (χ2v) is 5.72. The summed E-state index contributed by atoms with van der Waals surface area (Å²) in [7, 11) is 0. The molecule has 0 aliphatic heterocycles. The molecule has 0 N–H and O–H groups in total. The zero-order chi connectivity index (χ0) is 14.6. The highest BCUT2D eigenvalue weighted by Gasteiger charge is 2.12. The molecule has 0 aliphatic rings. The lowest BCUT2D eigenvalue weighted by atomic mass is 9.87. The van der Waals surface area contributed by atoms with Crippen LogP contribution in [0, 0.1) is 11.3 Å². The van der Waals surface area contributed by atoms with Gasteiger partial charge in [-0.2, -0.15) is 5.26 Å². The zero-order valence-electron chi connectivity index (χ0n) is 12.1. The van der Waals surface area contributed by atoms with Crippen molar-refractivity contribution < 1.29 is 4.74 Å². The van der Waals surface area contributed by atoms with Gasteiger partial charge >= 0.3 is 0 Å². The molecule has 0 bridgehead atoms. The summed E-state index contributed by atoms with van der Waals surface area (Å²) >= 11 is 0. The van der Waals surface area contributed by atoms with Crippen molar-refractivity contribution in [1.82, 2.24) is 4.98 Å². The lowest BCUT2D eigenvalue weighted by Gasteiger charge is -2.19. The van der Waals surface area contributed by atoms with Gasteiger partial charge in [-0.15, -0.1) is 0 Å². The fraction of sp³-hybridized carbons (Fsp3) is 0.294. The first-order chi connectivity index (χ1) is 9.49. The van der Waals surface area contributed by atoms with Crippen LogP contribution in [0.1, 0.15) is 37.6 Å². The van der Waals surface area contributed by atoms with Crippen LogP contribution in [0.15, 0.2) is 42.6 Å². The molecule has 20 heavy (non-hydrogen) atoms. The van der Waals surface area contributed by atoms with Gasteiger partial charge in [-0.3, -0.25) is 0 Å². The Kier molecular flexibility index (Phi) is 4.05. The third kappa shape index (κ3) is 3.58. The molecule has 2 rings (SSSR count). The predicted molar refractivity (Wildman–Crippen MR) is 78.4 cm³/mol. The van der Waals surface area contributed by atoms with Crippen LogP contribution in [0.2, 0.25) is 0 Å². The van der Waals surface area contributed by atoms with Gasteiger partial charge in [-0.1, -0.05) is 32.9 Å². The maximum atomic E-state index is 8.80. The van der Waals surface area contributed by atoms with Crippen LogP contribution in [-0.4, -0.2) is 4.98 Å². The number of nitriles is 1. The van der Waals surface area contributed by atoms with E-state index in [0.29, 0.717) is 12.3 Å². The summed E-state index contributed by atoms with van der Waals surface area (Å²) < 4.78 is 5.72. The fourth-order valence-electron chi connectivity index (χ4n) is 1.84. The van der Waals surface area contributed by atoms with Crippen molar-refractivity contribution in [3.63, 3.8) is 0 Å². The van der Waals surface area contributed by atoms with Crippen molar-refractivity contribution >= 4 is 0 Å². The Morgan fingerprint density at radius 1 is 1.15 bits per heavy atom. The quantitative estimate of drug-likeness (QED) is 0.848. The number of hydrogen-bond donors (Lipinski definition) is 0. The normalized spacial score (nSPS) is 10.9. The Morgan fingerprint density at radius 3 is 2.45 bits per heavy atom. The van der Waals surface area contributed by atoms with E-state index in [9.17, 15) is 0 Å². The number of hydrogen-bond acceptors (Lipinski definition) is 3. The minimum Gasteiger partial charge on any atom is -0.489 e. The first kappa shape index (κ1) is 14.1. The summed E-state index contributed by atoms with van der Waals surface area (Å²) in [6.07, 6.45) is 1.62. The molecule has 1 aromatic carbocycles. The molecular weight excluding hydrogens is 248 g/mol. The molecule has 0 spiro atoms. The van der Waals surface area contributed by atoms with Crippen molar-refractivity contribution in [2.75, 3.05) is 0 Å². The predicted octanol–water partition coefficient (Wildman–Crippen LogP) is 3.83. The highest BCUT2D eigenvalue weighted by atomic mass is 16.5. The van der Waals surface area contributed by atoms with Crippen molar-refractivity contribution in [1.29, 1.82) is 5.26 Å². The van der Waals surface area contributed by atoms with Gasteiger partial charge in [-0.05, 0) is 40.8 Å². The average Bonchev–Trinajstić information content (AvgIpc) is 2.45. The molecule has 0 radical (unpaired) electrons. The molecule has 1 heterocycles. The third-order valence-corrected chi connectivity index (χ3v) is 3.06. The van der Waals surface area contributed by atoms with Gasteiger partial charge in [0, 0.05) is 6.20 Å². The van der Waals surface area contributed by atoms with E-state index < -0.39 is 0 Å². The smallest absolute Gasteiger partial charge is 0.140 e. The number of ether oxygens (including phenoxy) is 1. The Bertz CT molecular complexity index is 619. The molecule has 0 aliphatic carbocycles. The van der Waals surface area contributed by atoms with Crippen LogP contribution < -0.4 is 4.74 Å². The van der Waals surface area contributed by atoms with Crippen molar-refractivity contribution in [3.8, 4) is 11.8 Å².